The number of imidazole rings is 1. The van der Waals surface area contributed by atoms with Crippen molar-refractivity contribution in [3.8, 4) is 11.1 Å². The zero-order valence-electron chi connectivity index (χ0n) is 23.0. The molecule has 0 saturated heterocycles. The Morgan fingerprint density at radius 2 is 2.02 bits per heavy atom. The normalized spacial score (nSPS) is 14.6. The van der Waals surface area contributed by atoms with E-state index in [1.165, 1.54) is 4.88 Å². The number of fused-ring (bicyclic) bond motifs is 2. The molecule has 1 aromatic carbocycles. The number of aromatic nitrogens is 3. The van der Waals surface area contributed by atoms with Crippen molar-refractivity contribution in [1.29, 1.82) is 0 Å². The number of nitrogens with two attached hydrogens (primary N) is 1. The lowest BCUT2D eigenvalue weighted by molar-refractivity contribution is -0.118. The van der Waals surface area contributed by atoms with Crippen LogP contribution < -0.4 is 16.4 Å². The van der Waals surface area contributed by atoms with Crippen LogP contribution in [-0.4, -0.2) is 39.7 Å². The highest BCUT2D eigenvalue weighted by atomic mass is 32.1. The predicted molar refractivity (Wildman–Crippen MR) is 163 cm³/mol. The van der Waals surface area contributed by atoms with Gasteiger partial charge < -0.3 is 21.4 Å². The van der Waals surface area contributed by atoms with Crippen molar-refractivity contribution in [3.63, 3.8) is 0 Å². The average Bonchev–Trinajstić information content (AvgIpc) is 3.44. The Morgan fingerprint density at radius 3 is 2.80 bits per heavy atom. The van der Waals surface area contributed by atoms with Gasteiger partial charge in [0.1, 0.15) is 11.5 Å². The zero-order valence-corrected chi connectivity index (χ0v) is 23.8. The molecule has 3 aromatic heterocycles. The summed E-state index contributed by atoms with van der Waals surface area (Å²) in [6.07, 6.45) is 7.54. The molecular weight excluding hydrogens is 537 g/mol. The van der Waals surface area contributed by atoms with Gasteiger partial charge in [-0.25, -0.2) is 9.37 Å². The van der Waals surface area contributed by atoms with Crippen LogP contribution in [0.25, 0.3) is 16.7 Å². The molecule has 2 aliphatic rings. The Balaban J connectivity index is 1.44. The van der Waals surface area contributed by atoms with Gasteiger partial charge >= 0.3 is 0 Å². The van der Waals surface area contributed by atoms with Gasteiger partial charge in [0.2, 0.25) is 5.91 Å². The van der Waals surface area contributed by atoms with Crippen molar-refractivity contribution in [2.45, 2.75) is 27.2 Å². The SMILES string of the molecule is Cc1ccc(C2=CC=C(N)Cc3[nH]c(C4=NCCNc5ccc(-c6cncc(NC(=O)C(C)C)c6)c(F)c54)nc32)s1. The number of carbonyl (C=O) groups excluding carboxylic acids is 1. The molecule has 6 rings (SSSR count). The molecule has 0 atom stereocenters. The molecule has 41 heavy (non-hydrogen) atoms. The van der Waals surface area contributed by atoms with E-state index in [1.807, 2.05) is 32.1 Å². The van der Waals surface area contributed by atoms with E-state index < -0.39 is 5.82 Å². The number of benzodiazepines with no additional fused rings is 1. The number of carbonyl (C=O) groups is 1. The largest absolute Gasteiger partial charge is 0.402 e. The van der Waals surface area contributed by atoms with Crippen LogP contribution in [0, 0.1) is 18.7 Å². The van der Waals surface area contributed by atoms with Crippen molar-refractivity contribution in [1.82, 2.24) is 15.0 Å². The first kappa shape index (κ1) is 26.6. The summed E-state index contributed by atoms with van der Waals surface area (Å²) in [5.41, 5.74) is 12.4. The number of pyridine rings is 1. The molecule has 0 fully saturated rings. The van der Waals surface area contributed by atoms with Crippen LogP contribution in [0.5, 0.6) is 0 Å². The molecular formula is C31H30FN7OS. The standard InChI is InChI=1S/C31H30FN7OS/c1-16(2)31(40)37-20-12-18(14-34-15-20)21-7-8-23-26(27(21)32)29(36-11-10-35-23)30-38-24-13-19(33)5-6-22(28(24)39-30)25-9-4-17(3)41-25/h4-9,12,14-16,35H,10-11,13,33H2,1-3H3,(H,37,40)(H,38,39). The van der Waals surface area contributed by atoms with Gasteiger partial charge in [0.15, 0.2) is 5.82 Å². The third-order valence-corrected chi connectivity index (χ3v) is 8.06. The number of amides is 1. The van der Waals surface area contributed by atoms with Gasteiger partial charge in [0.25, 0.3) is 0 Å². The second-order valence-corrected chi connectivity index (χ2v) is 11.7. The van der Waals surface area contributed by atoms with E-state index in [1.54, 1.807) is 35.9 Å². The van der Waals surface area contributed by atoms with Crippen LogP contribution in [0.3, 0.4) is 0 Å². The lowest BCUT2D eigenvalue weighted by atomic mass is 9.98. The van der Waals surface area contributed by atoms with E-state index in [-0.39, 0.29) is 11.8 Å². The molecule has 8 nitrogen and oxygen atoms in total. The highest BCUT2D eigenvalue weighted by Gasteiger charge is 2.27. The number of nitrogens with one attached hydrogen (secondary N) is 3. The van der Waals surface area contributed by atoms with E-state index in [2.05, 4.69) is 39.7 Å². The van der Waals surface area contributed by atoms with Gasteiger partial charge in [-0.3, -0.25) is 14.8 Å². The molecule has 0 radical (unpaired) electrons. The molecule has 1 amide bonds. The number of hydrogen-bond acceptors (Lipinski definition) is 7. The molecule has 0 bridgehead atoms. The number of anilines is 2. The molecule has 10 heteroatoms. The number of allylic oxidation sites excluding steroid dienone is 3. The number of nitrogens with zero attached hydrogens (tertiary/aromatic N) is 3. The van der Waals surface area contributed by atoms with Gasteiger partial charge in [0.05, 0.1) is 29.7 Å². The third-order valence-electron chi connectivity index (χ3n) is 7.03. The fourth-order valence-corrected chi connectivity index (χ4v) is 5.83. The third kappa shape index (κ3) is 5.18. The van der Waals surface area contributed by atoms with Crippen LogP contribution in [-0.2, 0) is 11.2 Å². The number of H-pyrrole nitrogens is 1. The molecule has 0 saturated carbocycles. The summed E-state index contributed by atoms with van der Waals surface area (Å²) in [5.74, 6) is -0.285. The smallest absolute Gasteiger partial charge is 0.226 e. The summed E-state index contributed by atoms with van der Waals surface area (Å²) >= 11 is 1.69. The molecule has 1 aliphatic carbocycles. The van der Waals surface area contributed by atoms with E-state index in [0.29, 0.717) is 64.8 Å². The minimum absolute atomic E-state index is 0.135. The Kier molecular flexibility index (Phi) is 7.00. The van der Waals surface area contributed by atoms with Crippen LogP contribution >= 0.6 is 11.3 Å². The van der Waals surface area contributed by atoms with Gasteiger partial charge in [-0.15, -0.1) is 11.3 Å². The molecule has 1 aliphatic heterocycles. The average molecular weight is 568 g/mol. The molecule has 5 N–H and O–H groups in total. The summed E-state index contributed by atoms with van der Waals surface area (Å²) in [7, 11) is 0. The number of aromatic amines is 1. The molecule has 0 unspecified atom stereocenters. The molecule has 4 aromatic rings. The first-order chi connectivity index (χ1) is 19.8. The maximum absolute atomic E-state index is 16.5. The Bertz CT molecular complexity index is 1760. The maximum Gasteiger partial charge on any atom is 0.226 e. The summed E-state index contributed by atoms with van der Waals surface area (Å²) < 4.78 is 16.5. The van der Waals surface area contributed by atoms with Gasteiger partial charge in [-0.05, 0) is 49.4 Å². The van der Waals surface area contributed by atoms with Crippen molar-refractivity contribution in [3.05, 3.63) is 98.9 Å². The number of hydrogen-bond donors (Lipinski definition) is 4. The predicted octanol–water partition coefficient (Wildman–Crippen LogP) is 5.67. The summed E-state index contributed by atoms with van der Waals surface area (Å²) in [5, 5.41) is 6.14. The maximum atomic E-state index is 16.5. The van der Waals surface area contributed by atoms with E-state index in [0.717, 1.165) is 21.8 Å². The van der Waals surface area contributed by atoms with Crippen molar-refractivity contribution in [2.24, 2.45) is 16.6 Å². The number of halogens is 1. The Morgan fingerprint density at radius 1 is 1.17 bits per heavy atom. The Labute approximate surface area is 241 Å². The number of benzene rings is 1. The summed E-state index contributed by atoms with van der Waals surface area (Å²) in [4.78, 5) is 32.0. The zero-order chi connectivity index (χ0) is 28.7. The van der Waals surface area contributed by atoms with Crippen LogP contribution in [0.15, 0.2) is 65.6 Å². The molecule has 0 spiro atoms. The summed E-state index contributed by atoms with van der Waals surface area (Å²) in [6, 6.07) is 9.46. The first-order valence-electron chi connectivity index (χ1n) is 13.5. The van der Waals surface area contributed by atoms with Crippen molar-refractivity contribution in [2.75, 3.05) is 23.7 Å². The number of rotatable bonds is 5. The minimum atomic E-state index is -0.444. The van der Waals surface area contributed by atoms with E-state index in [4.69, 9.17) is 15.7 Å². The lowest BCUT2D eigenvalue weighted by Gasteiger charge is -2.14. The number of thiophene rings is 1. The van der Waals surface area contributed by atoms with Gasteiger partial charge in [-0.1, -0.05) is 13.8 Å². The second-order valence-electron chi connectivity index (χ2n) is 10.4. The number of aryl methyl sites for hydroxylation is 1. The van der Waals surface area contributed by atoms with Gasteiger partial charge in [0, 0.05) is 68.6 Å². The Hall–Kier alpha value is -4.57. The molecule has 4 heterocycles. The topological polar surface area (TPSA) is 121 Å². The number of aliphatic imine (C=N–C) groups is 1. The van der Waals surface area contributed by atoms with Crippen LogP contribution in [0.1, 0.15) is 46.4 Å². The van der Waals surface area contributed by atoms with Crippen LogP contribution in [0.2, 0.25) is 0 Å². The first-order valence-corrected chi connectivity index (χ1v) is 14.3. The lowest BCUT2D eigenvalue weighted by Crippen LogP contribution is -2.17. The highest BCUT2D eigenvalue weighted by molar-refractivity contribution is 7.13. The molecule has 208 valence electrons. The van der Waals surface area contributed by atoms with Crippen LogP contribution in [0.4, 0.5) is 15.8 Å². The second kappa shape index (κ2) is 10.8. The quantitative estimate of drug-likeness (QED) is 0.248. The fourth-order valence-electron chi connectivity index (χ4n) is 4.93. The van der Waals surface area contributed by atoms with E-state index >= 15 is 4.39 Å². The highest BCUT2D eigenvalue weighted by Crippen LogP contribution is 2.36. The van der Waals surface area contributed by atoms with Crippen molar-refractivity contribution >= 4 is 39.9 Å². The fraction of sp³-hybridized carbons (Fsp3) is 0.226. The van der Waals surface area contributed by atoms with Crippen molar-refractivity contribution < 1.29 is 9.18 Å². The monoisotopic (exact) mass is 567 g/mol. The van der Waals surface area contributed by atoms with E-state index in [9.17, 15) is 4.79 Å². The minimum Gasteiger partial charge on any atom is -0.402 e. The van der Waals surface area contributed by atoms with Gasteiger partial charge in [-0.2, -0.15) is 0 Å². The summed E-state index contributed by atoms with van der Waals surface area (Å²) in [6.45, 7) is 6.71.